The predicted molar refractivity (Wildman–Crippen MR) is 141 cm³/mol. The molecule has 0 radical (unpaired) electrons. The zero-order valence-electron chi connectivity index (χ0n) is 21.2. The molecule has 40 heavy (non-hydrogen) atoms. The maximum absolute atomic E-state index is 13.6. The number of urea groups is 1. The van der Waals surface area contributed by atoms with E-state index in [0.717, 1.165) is 0 Å². The molecule has 2 aromatic heterocycles. The van der Waals surface area contributed by atoms with Gasteiger partial charge in [0.25, 0.3) is 5.04 Å². The molecule has 4 N–H and O–H groups in total. The Balaban J connectivity index is 1.47. The van der Waals surface area contributed by atoms with Crippen LogP contribution in [0.1, 0.15) is 24.8 Å². The van der Waals surface area contributed by atoms with Crippen molar-refractivity contribution in [2.75, 3.05) is 44.2 Å². The second-order valence-electron chi connectivity index (χ2n) is 9.93. The van der Waals surface area contributed by atoms with Gasteiger partial charge in [-0.25, -0.2) is 27.5 Å². The van der Waals surface area contributed by atoms with Crippen LogP contribution in [0.4, 0.5) is 23.8 Å². The lowest BCUT2D eigenvalue weighted by Crippen LogP contribution is -2.53. The molecule has 2 amide bonds. The second kappa shape index (κ2) is 10.6. The number of sulfonamides is 1. The fourth-order valence-electron chi connectivity index (χ4n) is 4.71. The summed E-state index contributed by atoms with van der Waals surface area (Å²) in [6, 6.07) is 4.39. The topological polar surface area (TPSA) is 163 Å². The molecule has 5 rings (SSSR count). The first kappa shape index (κ1) is 28.2. The summed E-state index contributed by atoms with van der Waals surface area (Å²) in [5, 5.41) is 26.3. The minimum absolute atomic E-state index is 0.0598. The Morgan fingerprint density at radius 2 is 1.93 bits per heavy atom. The van der Waals surface area contributed by atoms with E-state index in [1.165, 1.54) is 27.7 Å². The van der Waals surface area contributed by atoms with Gasteiger partial charge in [0.2, 0.25) is 10.0 Å². The Kier molecular flexibility index (Phi) is 7.44. The molecule has 0 spiro atoms. The number of nitrogens with zero attached hydrogens (tertiary/aromatic N) is 6. The lowest BCUT2D eigenvalue weighted by molar-refractivity contribution is -0.120. The van der Waals surface area contributed by atoms with Gasteiger partial charge in [0.15, 0.2) is 0 Å². The number of rotatable bonds is 6. The van der Waals surface area contributed by atoms with Crippen LogP contribution < -0.4 is 15.0 Å². The van der Waals surface area contributed by atoms with Gasteiger partial charge < -0.3 is 14.7 Å². The molecule has 0 bridgehead atoms. The smallest absolute Gasteiger partial charge is 0.327 e. The number of nitriles is 1. The van der Waals surface area contributed by atoms with Crippen molar-refractivity contribution >= 4 is 49.2 Å². The van der Waals surface area contributed by atoms with Crippen LogP contribution in [-0.4, -0.2) is 101 Å². The van der Waals surface area contributed by atoms with E-state index in [9.17, 15) is 31.6 Å². The Morgan fingerprint density at radius 3 is 2.50 bits per heavy atom. The lowest BCUT2D eigenvalue weighted by Gasteiger charge is -2.37. The first-order valence-corrected chi connectivity index (χ1v) is 14.8. The minimum atomic E-state index is -4.19. The van der Waals surface area contributed by atoms with Gasteiger partial charge in [0, 0.05) is 50.6 Å². The van der Waals surface area contributed by atoms with E-state index in [2.05, 4.69) is 9.82 Å². The van der Waals surface area contributed by atoms with E-state index in [-0.39, 0.29) is 33.6 Å². The van der Waals surface area contributed by atoms with E-state index in [1.54, 1.807) is 4.90 Å². The van der Waals surface area contributed by atoms with Gasteiger partial charge in [0.1, 0.15) is 22.6 Å². The zero-order chi connectivity index (χ0) is 28.8. The van der Waals surface area contributed by atoms with Crippen molar-refractivity contribution in [1.29, 1.82) is 10.7 Å². The molecule has 1 saturated carbocycles. The highest BCUT2D eigenvalue weighted by molar-refractivity contribution is 8.26. The van der Waals surface area contributed by atoms with Crippen LogP contribution in [0.2, 0.25) is 0 Å². The quantitative estimate of drug-likeness (QED) is 0.321. The summed E-state index contributed by atoms with van der Waals surface area (Å²) in [7, 11) is -4.19. The maximum Gasteiger partial charge on any atom is 0.327 e. The van der Waals surface area contributed by atoms with Gasteiger partial charge >= 0.3 is 12.5 Å². The molecule has 4 heterocycles. The van der Waals surface area contributed by atoms with Crippen molar-refractivity contribution in [3.8, 4) is 6.07 Å². The number of nitrogens with one attached hydrogen (secondary N) is 2. The van der Waals surface area contributed by atoms with Crippen LogP contribution in [0.3, 0.4) is 0 Å². The first-order chi connectivity index (χ1) is 18.9. The molecule has 3 fully saturated rings. The van der Waals surface area contributed by atoms with Crippen molar-refractivity contribution in [2.45, 2.75) is 42.3 Å². The molecule has 2 aromatic rings. The minimum Gasteiger partial charge on any atom is -0.353 e. The number of fused-ring (bicyclic) bond motifs is 1. The molecular weight excluding hydrogens is 571 g/mol. The third-order valence-corrected chi connectivity index (χ3v) is 9.49. The third-order valence-electron chi connectivity index (χ3n) is 7.13. The van der Waals surface area contributed by atoms with Crippen LogP contribution in [0.25, 0.3) is 5.52 Å². The van der Waals surface area contributed by atoms with Gasteiger partial charge in [-0.1, -0.05) is 0 Å². The summed E-state index contributed by atoms with van der Waals surface area (Å²) in [4.78, 5) is 17.5. The molecule has 1 aliphatic carbocycles. The second-order valence-corrected chi connectivity index (χ2v) is 12.7. The SMILES string of the molecule is N#CC1(NS(=O)(=O)c2cc(N3CCN(C(=O)N4CC[C@H](F)C4)CC3)n3ncc(C(=N)SC(=[NH2+])C(F)F)c3c2)CC1. The molecule has 12 nitrogen and oxygen atoms in total. The Labute approximate surface area is 232 Å². The molecular formula is C23H27F3N9O3S2+. The number of piperazine rings is 1. The summed E-state index contributed by atoms with van der Waals surface area (Å²) in [5.41, 5.74) is -0.918. The predicted octanol–water partition coefficient (Wildman–Crippen LogP) is 0.436. The zero-order valence-corrected chi connectivity index (χ0v) is 22.8. The molecule has 0 aromatic carbocycles. The molecule has 2 aliphatic heterocycles. The first-order valence-electron chi connectivity index (χ1n) is 12.5. The van der Waals surface area contributed by atoms with Gasteiger partial charge in [0.05, 0.1) is 34.8 Å². The number of likely N-dealkylation sites (tertiary alicyclic amines) is 1. The van der Waals surface area contributed by atoms with Crippen molar-refractivity contribution < 1.29 is 31.8 Å². The van der Waals surface area contributed by atoms with Crippen molar-refractivity contribution in [1.82, 2.24) is 24.1 Å². The summed E-state index contributed by atoms with van der Waals surface area (Å²) in [5.74, 6) is 0.339. The molecule has 1 atom stereocenters. The summed E-state index contributed by atoms with van der Waals surface area (Å²) < 4.78 is 70.1. The molecule has 3 aliphatic rings. The molecule has 17 heteroatoms. The average Bonchev–Trinajstić information content (AvgIpc) is 3.33. The van der Waals surface area contributed by atoms with Gasteiger partial charge in [-0.2, -0.15) is 23.9 Å². The number of aromatic nitrogens is 2. The van der Waals surface area contributed by atoms with Crippen LogP contribution in [0.5, 0.6) is 0 Å². The Bertz CT molecular complexity index is 1510. The number of carbonyl (C=O) groups excluding carboxylic acids is 1. The Hall–Kier alpha value is -3.36. The largest absolute Gasteiger partial charge is 0.353 e. The van der Waals surface area contributed by atoms with Crippen LogP contribution >= 0.6 is 11.8 Å². The average molecular weight is 599 g/mol. The number of carbonyl (C=O) groups is 1. The molecule has 2 saturated heterocycles. The van der Waals surface area contributed by atoms with Crippen molar-refractivity contribution in [3.63, 3.8) is 0 Å². The number of anilines is 1. The van der Waals surface area contributed by atoms with Gasteiger partial charge in [-0.05, 0) is 25.3 Å². The number of pyridine rings is 1. The number of hydrogen-bond donors (Lipinski definition) is 3. The van der Waals surface area contributed by atoms with E-state index >= 15 is 0 Å². The maximum atomic E-state index is 13.6. The van der Waals surface area contributed by atoms with Crippen molar-refractivity contribution in [2.24, 2.45) is 0 Å². The Morgan fingerprint density at radius 1 is 1.23 bits per heavy atom. The highest BCUT2D eigenvalue weighted by Crippen LogP contribution is 2.37. The van der Waals surface area contributed by atoms with Crippen LogP contribution in [-0.2, 0) is 10.0 Å². The van der Waals surface area contributed by atoms with E-state index < -0.39 is 33.2 Å². The highest BCUT2D eigenvalue weighted by atomic mass is 32.2. The third kappa shape index (κ3) is 5.47. The summed E-state index contributed by atoms with van der Waals surface area (Å²) in [6.45, 7) is 1.61. The fraction of sp³-hybridized carbons (Fsp3) is 0.522. The number of thioether (sulfide) groups is 1. The van der Waals surface area contributed by atoms with E-state index in [4.69, 9.17) is 10.8 Å². The molecule has 0 unspecified atom stereocenters. The number of hydrogen-bond acceptors (Lipinski definition) is 8. The summed E-state index contributed by atoms with van der Waals surface area (Å²) >= 11 is 0.351. The van der Waals surface area contributed by atoms with Crippen molar-refractivity contribution in [3.05, 3.63) is 23.9 Å². The van der Waals surface area contributed by atoms with E-state index in [1.807, 2.05) is 11.0 Å². The monoisotopic (exact) mass is 598 g/mol. The number of nitrogens with two attached hydrogens (primary N) is 1. The fourth-order valence-corrected chi connectivity index (χ4v) is 6.71. The molecule has 214 valence electrons. The van der Waals surface area contributed by atoms with E-state index in [0.29, 0.717) is 69.6 Å². The van der Waals surface area contributed by atoms with Gasteiger partial charge in [-0.15, -0.1) is 0 Å². The summed E-state index contributed by atoms with van der Waals surface area (Å²) in [6.07, 6.45) is -1.67. The van der Waals surface area contributed by atoms with Gasteiger partial charge in [-0.3, -0.25) is 5.41 Å². The van der Waals surface area contributed by atoms with Crippen LogP contribution in [0.15, 0.2) is 23.2 Å². The number of halogens is 3. The number of alkyl halides is 3. The lowest BCUT2D eigenvalue weighted by atomic mass is 10.2. The van der Waals surface area contributed by atoms with Crippen LogP contribution in [0, 0.1) is 16.7 Å². The number of amides is 2. The normalized spacial score (nSPS) is 20.7. The highest BCUT2D eigenvalue weighted by Gasteiger charge is 2.47. The standard InChI is InChI=1S/C23H26F3N9O3S2/c24-14-1-4-34(12-14)22(36)33-7-5-32(6-8-33)18-10-15(40(37,38)31-23(13-27)2-3-23)9-17-16(11-30-35(17)18)20(28)39-21(29)19(25)26/h9-11,14,19,28-29,31H,1-8,12H2/p+1/t14-/m0/s1.